The SMILES string of the molecule is Cc1cc(=O)c2ccc(Br)cc2n1Cc1cc(F)cc(F)c1N. The second-order valence-corrected chi connectivity index (χ2v) is 6.27. The summed E-state index contributed by atoms with van der Waals surface area (Å²) in [6, 6.07) is 8.76. The number of hydrogen-bond acceptors (Lipinski definition) is 2. The molecule has 0 unspecified atom stereocenters. The van der Waals surface area contributed by atoms with Gasteiger partial charge in [0.1, 0.15) is 11.6 Å². The first-order valence-electron chi connectivity index (χ1n) is 6.90. The zero-order chi connectivity index (χ0) is 16.7. The fourth-order valence-electron chi connectivity index (χ4n) is 2.62. The van der Waals surface area contributed by atoms with Crippen molar-refractivity contribution >= 4 is 32.5 Å². The van der Waals surface area contributed by atoms with Crippen LogP contribution < -0.4 is 11.2 Å². The Kier molecular flexibility index (Phi) is 3.93. The second kappa shape index (κ2) is 5.77. The zero-order valence-electron chi connectivity index (χ0n) is 12.2. The summed E-state index contributed by atoms with van der Waals surface area (Å²) in [5.41, 5.74) is 7.23. The standard InChI is InChI=1S/C17H13BrF2N2O/c1-9-4-16(23)13-3-2-11(18)6-15(13)22(9)8-10-5-12(19)7-14(20)17(10)21/h2-7H,8,21H2,1H3. The van der Waals surface area contributed by atoms with Crippen molar-refractivity contribution in [3.05, 3.63) is 74.0 Å². The lowest BCUT2D eigenvalue weighted by Gasteiger charge is -2.16. The van der Waals surface area contributed by atoms with E-state index in [0.29, 0.717) is 22.2 Å². The topological polar surface area (TPSA) is 48.0 Å². The minimum absolute atomic E-state index is 0.0901. The molecule has 1 heterocycles. The van der Waals surface area contributed by atoms with E-state index in [1.165, 1.54) is 12.1 Å². The Morgan fingerprint density at radius 1 is 1.17 bits per heavy atom. The third kappa shape index (κ3) is 2.86. The van der Waals surface area contributed by atoms with Gasteiger partial charge in [-0.15, -0.1) is 0 Å². The van der Waals surface area contributed by atoms with Crippen LogP contribution in [0.1, 0.15) is 11.3 Å². The highest BCUT2D eigenvalue weighted by Crippen LogP contribution is 2.23. The van der Waals surface area contributed by atoms with Gasteiger partial charge in [-0.2, -0.15) is 0 Å². The number of anilines is 1. The van der Waals surface area contributed by atoms with E-state index in [1.54, 1.807) is 25.1 Å². The van der Waals surface area contributed by atoms with Gasteiger partial charge in [0.15, 0.2) is 5.43 Å². The lowest BCUT2D eigenvalue weighted by atomic mass is 10.1. The molecular weight excluding hydrogens is 366 g/mol. The molecule has 0 aliphatic rings. The lowest BCUT2D eigenvalue weighted by molar-refractivity contribution is 0.581. The molecule has 0 atom stereocenters. The molecule has 1 aromatic heterocycles. The van der Waals surface area contributed by atoms with E-state index in [0.717, 1.165) is 10.5 Å². The fraction of sp³-hybridized carbons (Fsp3) is 0.118. The first-order valence-corrected chi connectivity index (χ1v) is 7.69. The highest BCUT2D eigenvalue weighted by Gasteiger charge is 2.12. The predicted molar refractivity (Wildman–Crippen MR) is 90.5 cm³/mol. The van der Waals surface area contributed by atoms with Crippen molar-refractivity contribution in [2.24, 2.45) is 0 Å². The molecule has 0 aliphatic heterocycles. The van der Waals surface area contributed by atoms with Crippen LogP contribution in [-0.2, 0) is 6.54 Å². The van der Waals surface area contributed by atoms with E-state index in [-0.39, 0.29) is 17.7 Å². The van der Waals surface area contributed by atoms with Gasteiger partial charge in [-0.3, -0.25) is 4.79 Å². The molecule has 0 radical (unpaired) electrons. The van der Waals surface area contributed by atoms with Crippen LogP contribution in [0.4, 0.5) is 14.5 Å². The second-order valence-electron chi connectivity index (χ2n) is 5.36. The minimum atomic E-state index is -0.788. The number of aromatic nitrogens is 1. The van der Waals surface area contributed by atoms with Gasteiger partial charge in [-0.1, -0.05) is 15.9 Å². The average Bonchev–Trinajstić information content (AvgIpc) is 2.47. The van der Waals surface area contributed by atoms with Crippen LogP contribution in [0.15, 0.2) is 45.7 Å². The Morgan fingerprint density at radius 2 is 1.91 bits per heavy atom. The molecule has 2 N–H and O–H groups in total. The van der Waals surface area contributed by atoms with Crippen molar-refractivity contribution in [2.45, 2.75) is 13.5 Å². The predicted octanol–water partition coefficient (Wildman–Crippen LogP) is 3.98. The summed E-state index contributed by atoms with van der Waals surface area (Å²) in [6.45, 7) is 1.94. The van der Waals surface area contributed by atoms with Crippen LogP contribution in [0.3, 0.4) is 0 Å². The Bertz CT molecular complexity index is 982. The molecule has 0 saturated carbocycles. The van der Waals surface area contributed by atoms with Crippen LogP contribution >= 0.6 is 15.9 Å². The molecule has 0 bridgehead atoms. The molecule has 118 valence electrons. The van der Waals surface area contributed by atoms with Gasteiger partial charge in [-0.25, -0.2) is 8.78 Å². The normalized spacial score (nSPS) is 11.1. The first-order chi connectivity index (χ1) is 10.9. The van der Waals surface area contributed by atoms with Gasteiger partial charge in [0.2, 0.25) is 0 Å². The third-order valence-electron chi connectivity index (χ3n) is 3.79. The van der Waals surface area contributed by atoms with Crippen molar-refractivity contribution in [3.63, 3.8) is 0 Å². The molecule has 2 aromatic carbocycles. The molecule has 23 heavy (non-hydrogen) atoms. The monoisotopic (exact) mass is 378 g/mol. The fourth-order valence-corrected chi connectivity index (χ4v) is 2.97. The molecule has 0 spiro atoms. The van der Waals surface area contributed by atoms with Gasteiger partial charge in [0, 0.05) is 33.2 Å². The van der Waals surface area contributed by atoms with E-state index < -0.39 is 11.6 Å². The molecule has 0 fully saturated rings. The Morgan fingerprint density at radius 3 is 2.65 bits per heavy atom. The number of halogens is 3. The largest absolute Gasteiger partial charge is 0.396 e. The van der Waals surface area contributed by atoms with Gasteiger partial charge < -0.3 is 10.3 Å². The van der Waals surface area contributed by atoms with E-state index in [4.69, 9.17) is 5.73 Å². The average molecular weight is 379 g/mol. The lowest BCUT2D eigenvalue weighted by Crippen LogP contribution is -2.14. The summed E-state index contributed by atoms with van der Waals surface area (Å²) < 4.78 is 29.8. The summed E-state index contributed by atoms with van der Waals surface area (Å²) in [6.07, 6.45) is 0. The summed E-state index contributed by atoms with van der Waals surface area (Å²) in [5, 5.41) is 0.536. The van der Waals surface area contributed by atoms with Gasteiger partial charge in [0.05, 0.1) is 17.7 Å². The molecule has 6 heteroatoms. The number of pyridine rings is 1. The summed E-state index contributed by atoms with van der Waals surface area (Å²) >= 11 is 3.38. The Hall–Kier alpha value is -2.21. The number of aryl methyl sites for hydroxylation is 1. The maximum Gasteiger partial charge on any atom is 0.189 e. The number of benzene rings is 2. The number of hydrogen-bond donors (Lipinski definition) is 1. The van der Waals surface area contributed by atoms with Crippen molar-refractivity contribution in [3.8, 4) is 0 Å². The third-order valence-corrected chi connectivity index (χ3v) is 4.28. The quantitative estimate of drug-likeness (QED) is 0.685. The summed E-state index contributed by atoms with van der Waals surface area (Å²) in [4.78, 5) is 12.1. The van der Waals surface area contributed by atoms with Crippen molar-refractivity contribution in [1.82, 2.24) is 4.57 Å². The minimum Gasteiger partial charge on any atom is -0.396 e. The van der Waals surface area contributed by atoms with Crippen LogP contribution in [0.5, 0.6) is 0 Å². The van der Waals surface area contributed by atoms with E-state index in [1.807, 2.05) is 4.57 Å². The van der Waals surface area contributed by atoms with E-state index in [9.17, 15) is 13.6 Å². The zero-order valence-corrected chi connectivity index (χ0v) is 13.8. The summed E-state index contributed by atoms with van der Waals surface area (Å²) in [7, 11) is 0. The molecule has 3 nitrogen and oxygen atoms in total. The van der Waals surface area contributed by atoms with E-state index >= 15 is 0 Å². The van der Waals surface area contributed by atoms with Crippen LogP contribution in [0.25, 0.3) is 10.9 Å². The molecule has 3 aromatic rings. The van der Waals surface area contributed by atoms with Crippen LogP contribution in [0.2, 0.25) is 0 Å². The summed E-state index contributed by atoms with van der Waals surface area (Å²) in [5.74, 6) is -1.47. The molecule has 0 amide bonds. The van der Waals surface area contributed by atoms with E-state index in [2.05, 4.69) is 15.9 Å². The number of rotatable bonds is 2. The van der Waals surface area contributed by atoms with Crippen molar-refractivity contribution in [1.29, 1.82) is 0 Å². The number of nitrogen functional groups attached to an aromatic ring is 1. The Labute approximate surface area is 139 Å². The highest BCUT2D eigenvalue weighted by atomic mass is 79.9. The maximum atomic E-state index is 13.7. The number of fused-ring (bicyclic) bond motifs is 1. The highest BCUT2D eigenvalue weighted by molar-refractivity contribution is 9.10. The van der Waals surface area contributed by atoms with Crippen LogP contribution in [0, 0.1) is 18.6 Å². The molecule has 0 saturated heterocycles. The van der Waals surface area contributed by atoms with Gasteiger partial charge >= 0.3 is 0 Å². The number of nitrogens with two attached hydrogens (primary N) is 1. The maximum absolute atomic E-state index is 13.7. The molecule has 0 aliphatic carbocycles. The van der Waals surface area contributed by atoms with Gasteiger partial charge in [0.25, 0.3) is 0 Å². The smallest absolute Gasteiger partial charge is 0.189 e. The first kappa shape index (κ1) is 15.7. The van der Waals surface area contributed by atoms with Crippen LogP contribution in [-0.4, -0.2) is 4.57 Å². The number of nitrogens with zero attached hydrogens (tertiary/aromatic N) is 1. The van der Waals surface area contributed by atoms with Crippen molar-refractivity contribution in [2.75, 3.05) is 5.73 Å². The molecular formula is C17H13BrF2N2O. The molecule has 3 rings (SSSR count). The van der Waals surface area contributed by atoms with Crippen molar-refractivity contribution < 1.29 is 8.78 Å². The Balaban J connectivity index is 2.25. The van der Waals surface area contributed by atoms with Gasteiger partial charge in [-0.05, 0) is 31.2 Å².